The number of benzene rings is 3. The van der Waals surface area contributed by atoms with Crippen LogP contribution < -0.4 is 9.64 Å². The highest BCUT2D eigenvalue weighted by Crippen LogP contribution is 2.30. The van der Waals surface area contributed by atoms with Crippen molar-refractivity contribution in [3.8, 4) is 5.75 Å². The molecule has 0 atom stereocenters. The molecule has 3 aromatic carbocycles. The summed E-state index contributed by atoms with van der Waals surface area (Å²) >= 11 is 0. The second kappa shape index (κ2) is 7.99. The van der Waals surface area contributed by atoms with Crippen LogP contribution in [0.2, 0.25) is 0 Å². The lowest BCUT2D eigenvalue weighted by atomic mass is 9.94. The largest absolute Gasteiger partial charge is 0.497 e. The zero-order valence-electron chi connectivity index (χ0n) is 16.9. The fourth-order valence-electron chi connectivity index (χ4n) is 3.92. The first-order chi connectivity index (χ1) is 14.5. The van der Waals surface area contributed by atoms with Gasteiger partial charge in [-0.1, -0.05) is 30.3 Å². The minimum Gasteiger partial charge on any atom is -0.497 e. The van der Waals surface area contributed by atoms with E-state index in [9.17, 15) is 14.4 Å². The molecule has 30 heavy (non-hydrogen) atoms. The number of imide groups is 1. The summed E-state index contributed by atoms with van der Waals surface area (Å²) in [5, 5.41) is 1.60. The number of hydrogen-bond donors (Lipinski definition) is 0. The summed E-state index contributed by atoms with van der Waals surface area (Å²) in [6.07, 6.45) is 0.465. The lowest BCUT2D eigenvalue weighted by Crippen LogP contribution is -2.42. The maximum atomic E-state index is 13.0. The van der Waals surface area contributed by atoms with E-state index in [-0.39, 0.29) is 24.3 Å². The molecule has 0 aromatic heterocycles. The molecule has 0 aliphatic carbocycles. The molecule has 1 aliphatic heterocycles. The second-order valence-corrected chi connectivity index (χ2v) is 7.20. The molecule has 1 heterocycles. The average Bonchev–Trinajstić information content (AvgIpc) is 2.76. The number of methoxy groups -OCH3 is 1. The van der Waals surface area contributed by atoms with Gasteiger partial charge in [-0.3, -0.25) is 19.3 Å². The highest BCUT2D eigenvalue weighted by molar-refractivity contribution is 6.25. The molecule has 3 amide bonds. The molecule has 0 saturated heterocycles. The third kappa shape index (κ3) is 3.41. The molecule has 4 rings (SSSR count). The van der Waals surface area contributed by atoms with E-state index < -0.39 is 0 Å². The van der Waals surface area contributed by atoms with Gasteiger partial charge in [0.15, 0.2) is 0 Å². The van der Waals surface area contributed by atoms with Crippen LogP contribution in [0.15, 0.2) is 60.7 Å². The standard InChI is InChI=1S/C24H22N2O4/c1-16(27)25(18-9-5-10-19(15-18)30-2)13-6-14-26-23(28)20-11-3-7-17-8-4-12-21(22(17)20)24(26)29/h3-5,7-12,15H,6,13-14H2,1-2H3. The van der Waals surface area contributed by atoms with Crippen LogP contribution in [0.3, 0.4) is 0 Å². The quantitative estimate of drug-likeness (QED) is 0.587. The Hall–Kier alpha value is -3.67. The lowest BCUT2D eigenvalue weighted by Gasteiger charge is -2.28. The predicted molar refractivity (Wildman–Crippen MR) is 115 cm³/mol. The molecule has 152 valence electrons. The molecule has 1 aliphatic rings. The van der Waals surface area contributed by atoms with Gasteiger partial charge in [0.2, 0.25) is 5.91 Å². The Kier molecular flexibility index (Phi) is 5.23. The number of anilines is 1. The summed E-state index contributed by atoms with van der Waals surface area (Å²) in [6, 6.07) is 18.2. The van der Waals surface area contributed by atoms with Gasteiger partial charge in [-0.15, -0.1) is 0 Å². The summed E-state index contributed by atoms with van der Waals surface area (Å²) in [6.45, 7) is 2.11. The van der Waals surface area contributed by atoms with Gasteiger partial charge in [0.1, 0.15) is 5.75 Å². The minimum absolute atomic E-state index is 0.116. The van der Waals surface area contributed by atoms with Crippen molar-refractivity contribution in [3.63, 3.8) is 0 Å². The summed E-state index contributed by atoms with van der Waals surface area (Å²) in [5.41, 5.74) is 1.80. The highest BCUT2D eigenvalue weighted by Gasteiger charge is 2.32. The molecule has 0 saturated carbocycles. The molecular formula is C24H22N2O4. The number of carbonyl (C=O) groups excluding carboxylic acids is 3. The first-order valence-electron chi connectivity index (χ1n) is 9.81. The number of hydrogen-bond acceptors (Lipinski definition) is 4. The third-order valence-corrected chi connectivity index (χ3v) is 5.36. The normalized spacial score (nSPS) is 12.9. The van der Waals surface area contributed by atoms with Gasteiger partial charge in [-0.2, -0.15) is 0 Å². The Morgan fingerprint density at radius 1 is 0.967 bits per heavy atom. The number of amides is 3. The first kappa shape index (κ1) is 19.6. The van der Waals surface area contributed by atoms with Crippen molar-refractivity contribution in [2.24, 2.45) is 0 Å². The lowest BCUT2D eigenvalue weighted by molar-refractivity contribution is -0.116. The molecule has 0 N–H and O–H groups in total. The Morgan fingerprint density at radius 3 is 2.20 bits per heavy atom. The van der Waals surface area contributed by atoms with Gasteiger partial charge in [-0.05, 0) is 36.1 Å². The summed E-state index contributed by atoms with van der Waals surface area (Å²) in [5.74, 6) is -0.0420. The van der Waals surface area contributed by atoms with Gasteiger partial charge >= 0.3 is 0 Å². The SMILES string of the molecule is COc1cccc(N(CCCN2C(=O)c3cccc4cccc(c34)C2=O)C(C)=O)c1. The van der Waals surface area contributed by atoms with Crippen molar-refractivity contribution in [1.29, 1.82) is 0 Å². The van der Waals surface area contributed by atoms with Gasteiger partial charge < -0.3 is 9.64 Å². The molecule has 0 spiro atoms. The predicted octanol–water partition coefficient (Wildman–Crippen LogP) is 3.89. The van der Waals surface area contributed by atoms with Crippen LogP contribution in [-0.4, -0.2) is 42.8 Å². The molecule has 3 aromatic rings. The Morgan fingerprint density at radius 2 is 1.60 bits per heavy atom. The topological polar surface area (TPSA) is 66.9 Å². The summed E-state index contributed by atoms with van der Waals surface area (Å²) in [7, 11) is 1.57. The van der Waals surface area contributed by atoms with Crippen LogP contribution in [0.1, 0.15) is 34.1 Å². The van der Waals surface area contributed by atoms with E-state index in [1.807, 2.05) is 42.5 Å². The van der Waals surface area contributed by atoms with Crippen molar-refractivity contribution in [2.75, 3.05) is 25.1 Å². The van der Waals surface area contributed by atoms with Crippen molar-refractivity contribution in [1.82, 2.24) is 4.90 Å². The van der Waals surface area contributed by atoms with E-state index in [2.05, 4.69) is 0 Å². The fourth-order valence-corrected chi connectivity index (χ4v) is 3.92. The van der Waals surface area contributed by atoms with E-state index in [0.29, 0.717) is 40.9 Å². The second-order valence-electron chi connectivity index (χ2n) is 7.20. The molecule has 0 unspecified atom stereocenters. The van der Waals surface area contributed by atoms with E-state index in [0.717, 1.165) is 5.39 Å². The van der Waals surface area contributed by atoms with E-state index in [1.165, 1.54) is 11.8 Å². The highest BCUT2D eigenvalue weighted by atomic mass is 16.5. The molecular weight excluding hydrogens is 380 g/mol. The van der Waals surface area contributed by atoms with Crippen molar-refractivity contribution < 1.29 is 19.1 Å². The van der Waals surface area contributed by atoms with Crippen LogP contribution >= 0.6 is 0 Å². The number of ether oxygens (including phenoxy) is 1. The zero-order valence-corrected chi connectivity index (χ0v) is 16.9. The number of nitrogens with zero attached hydrogens (tertiary/aromatic N) is 2. The molecule has 6 heteroatoms. The van der Waals surface area contributed by atoms with Crippen LogP contribution in [0.5, 0.6) is 5.75 Å². The van der Waals surface area contributed by atoms with Gasteiger partial charge in [0.25, 0.3) is 11.8 Å². The van der Waals surface area contributed by atoms with Crippen molar-refractivity contribution in [2.45, 2.75) is 13.3 Å². The molecule has 0 radical (unpaired) electrons. The van der Waals surface area contributed by atoms with Crippen LogP contribution in [0, 0.1) is 0 Å². The van der Waals surface area contributed by atoms with Crippen molar-refractivity contribution in [3.05, 3.63) is 71.8 Å². The zero-order chi connectivity index (χ0) is 21.3. The maximum Gasteiger partial charge on any atom is 0.261 e. The molecule has 0 fully saturated rings. The van der Waals surface area contributed by atoms with E-state index in [4.69, 9.17) is 4.74 Å². The third-order valence-electron chi connectivity index (χ3n) is 5.36. The Balaban J connectivity index is 1.53. The average molecular weight is 402 g/mol. The summed E-state index contributed by atoms with van der Waals surface area (Å²) in [4.78, 5) is 41.1. The van der Waals surface area contributed by atoms with Crippen LogP contribution in [0.25, 0.3) is 10.8 Å². The summed E-state index contributed by atoms with van der Waals surface area (Å²) < 4.78 is 5.24. The van der Waals surface area contributed by atoms with E-state index in [1.54, 1.807) is 30.2 Å². The minimum atomic E-state index is -0.292. The van der Waals surface area contributed by atoms with Crippen LogP contribution in [0.4, 0.5) is 5.69 Å². The van der Waals surface area contributed by atoms with E-state index >= 15 is 0 Å². The Bertz CT molecular complexity index is 1100. The molecule has 0 bridgehead atoms. The fraction of sp³-hybridized carbons (Fsp3) is 0.208. The van der Waals surface area contributed by atoms with Gasteiger partial charge in [0.05, 0.1) is 7.11 Å². The first-order valence-corrected chi connectivity index (χ1v) is 9.81. The number of rotatable bonds is 6. The Labute approximate surface area is 174 Å². The smallest absolute Gasteiger partial charge is 0.261 e. The maximum absolute atomic E-state index is 13.0. The number of carbonyl (C=O) groups is 3. The molecule has 6 nitrogen and oxygen atoms in total. The van der Waals surface area contributed by atoms with Crippen molar-refractivity contribution >= 4 is 34.2 Å². The van der Waals surface area contributed by atoms with Gasteiger partial charge in [0, 0.05) is 48.3 Å². The van der Waals surface area contributed by atoms with Gasteiger partial charge in [-0.25, -0.2) is 0 Å². The monoisotopic (exact) mass is 402 g/mol. The van der Waals surface area contributed by atoms with Crippen LogP contribution in [-0.2, 0) is 4.79 Å².